The Hall–Kier alpha value is -3.43. The van der Waals surface area contributed by atoms with Crippen molar-refractivity contribution in [2.75, 3.05) is 7.11 Å². The van der Waals surface area contributed by atoms with Crippen LogP contribution >= 0.6 is 0 Å². The van der Waals surface area contributed by atoms with E-state index in [-0.39, 0.29) is 22.8 Å². The minimum atomic E-state index is -1.41. The maximum absolute atomic E-state index is 12.7. The number of ether oxygens (including phenoxy) is 1. The number of hydrogen-bond acceptors (Lipinski definition) is 6. The molecule has 0 amide bonds. The highest BCUT2D eigenvalue weighted by atomic mass is 16.6. The van der Waals surface area contributed by atoms with Gasteiger partial charge in [0.1, 0.15) is 11.8 Å². The van der Waals surface area contributed by atoms with Crippen LogP contribution in [0.25, 0.3) is 5.69 Å². The Balaban J connectivity index is 2.89. The van der Waals surface area contributed by atoms with E-state index in [0.29, 0.717) is 4.57 Å². The first kappa shape index (κ1) is 17.9. The van der Waals surface area contributed by atoms with E-state index in [0.717, 1.165) is 16.7 Å². The second kappa shape index (κ2) is 6.59. The number of aryl methyl sites for hydroxylation is 1. The van der Waals surface area contributed by atoms with E-state index in [2.05, 4.69) is 0 Å². The fraction of sp³-hybridized carbons (Fsp3) is 0.267. The molecule has 0 fully saturated rings. The summed E-state index contributed by atoms with van der Waals surface area (Å²) < 4.78 is 6.71. The zero-order valence-corrected chi connectivity index (χ0v) is 13.6. The molecule has 0 aliphatic heterocycles. The molecule has 2 aromatic rings. The Morgan fingerprint density at radius 3 is 2.48 bits per heavy atom. The summed E-state index contributed by atoms with van der Waals surface area (Å²) in [6, 6.07) is 3.32. The van der Waals surface area contributed by atoms with E-state index in [1.807, 2.05) is 0 Å². The number of hydrogen-bond donors (Lipinski definition) is 1. The Bertz CT molecular complexity index is 974. The Labute approximate surface area is 140 Å². The number of nitrogens with zero attached hydrogens (tertiary/aromatic N) is 3. The average Bonchev–Trinajstić information content (AvgIpc) is 2.53. The molecular weight excluding hydrogens is 334 g/mol. The zero-order valence-electron chi connectivity index (χ0n) is 13.6. The second-order valence-corrected chi connectivity index (χ2v) is 5.24. The summed E-state index contributed by atoms with van der Waals surface area (Å²) in [6.07, 6.45) is 0. The molecular formula is C15H15N3O7. The van der Waals surface area contributed by atoms with Crippen LogP contribution in [0.5, 0.6) is 5.75 Å². The number of aliphatic carboxylic acids is 1. The zero-order chi connectivity index (χ0) is 18.9. The third-order valence-corrected chi connectivity index (χ3v) is 3.68. The van der Waals surface area contributed by atoms with Gasteiger partial charge in [-0.25, -0.2) is 14.2 Å². The molecule has 132 valence electrons. The third-order valence-electron chi connectivity index (χ3n) is 3.68. The summed E-state index contributed by atoms with van der Waals surface area (Å²) in [4.78, 5) is 46.4. The normalized spacial score (nSPS) is 11.8. The molecule has 0 unspecified atom stereocenters. The number of carboxylic acid groups (broad SMARTS) is 1. The van der Waals surface area contributed by atoms with Gasteiger partial charge in [0.05, 0.1) is 17.7 Å². The first-order valence-electron chi connectivity index (χ1n) is 7.09. The van der Waals surface area contributed by atoms with Crippen LogP contribution in [-0.4, -0.2) is 32.2 Å². The number of carboxylic acids is 1. The van der Waals surface area contributed by atoms with Crippen molar-refractivity contribution in [2.24, 2.45) is 0 Å². The minimum absolute atomic E-state index is 0.0329. The molecule has 2 rings (SSSR count). The maximum atomic E-state index is 12.7. The Morgan fingerprint density at radius 2 is 1.96 bits per heavy atom. The van der Waals surface area contributed by atoms with Crippen LogP contribution in [-0.2, 0) is 4.79 Å². The van der Waals surface area contributed by atoms with Crippen LogP contribution in [0.2, 0.25) is 0 Å². The topological polar surface area (TPSA) is 134 Å². The fourth-order valence-corrected chi connectivity index (χ4v) is 2.39. The van der Waals surface area contributed by atoms with Crippen molar-refractivity contribution in [1.82, 2.24) is 9.13 Å². The molecule has 0 aliphatic rings. The number of benzene rings is 1. The number of carbonyl (C=O) groups is 1. The highest BCUT2D eigenvalue weighted by molar-refractivity contribution is 5.71. The van der Waals surface area contributed by atoms with E-state index in [1.54, 1.807) is 0 Å². The maximum Gasteiger partial charge on any atom is 0.336 e. The lowest BCUT2D eigenvalue weighted by Crippen LogP contribution is -2.43. The van der Waals surface area contributed by atoms with Crippen molar-refractivity contribution < 1.29 is 19.6 Å². The molecule has 0 saturated carbocycles. The monoisotopic (exact) mass is 349 g/mol. The van der Waals surface area contributed by atoms with Crippen molar-refractivity contribution in [2.45, 2.75) is 19.9 Å². The lowest BCUT2D eigenvalue weighted by Gasteiger charge is -2.17. The predicted octanol–water partition coefficient (Wildman–Crippen LogP) is 0.870. The standard InChI is InChI=1S/C15H15N3O7/c1-8-6-13(19)17(9(2)14(20)21)15(22)16(8)11-7-10(18(23)24)4-5-12(11)25-3/h4-7,9H,1-3H3,(H,20,21)/t9-/m0/s1. The van der Waals surface area contributed by atoms with Crippen LogP contribution in [0.1, 0.15) is 18.7 Å². The van der Waals surface area contributed by atoms with E-state index >= 15 is 0 Å². The lowest BCUT2D eigenvalue weighted by molar-refractivity contribution is -0.384. The lowest BCUT2D eigenvalue weighted by atomic mass is 10.2. The number of rotatable bonds is 5. The molecule has 1 atom stereocenters. The summed E-state index contributed by atoms with van der Waals surface area (Å²) in [5, 5.41) is 20.1. The van der Waals surface area contributed by atoms with Gasteiger partial charge in [0.15, 0.2) is 0 Å². The molecule has 0 spiro atoms. The van der Waals surface area contributed by atoms with Crippen molar-refractivity contribution >= 4 is 11.7 Å². The minimum Gasteiger partial charge on any atom is -0.495 e. The van der Waals surface area contributed by atoms with E-state index in [4.69, 9.17) is 9.84 Å². The van der Waals surface area contributed by atoms with E-state index in [1.165, 1.54) is 33.1 Å². The molecule has 0 aliphatic carbocycles. The highest BCUT2D eigenvalue weighted by Gasteiger charge is 2.22. The van der Waals surface area contributed by atoms with Gasteiger partial charge in [0.2, 0.25) is 0 Å². The van der Waals surface area contributed by atoms with Crippen LogP contribution < -0.4 is 16.0 Å². The largest absolute Gasteiger partial charge is 0.495 e. The first-order valence-corrected chi connectivity index (χ1v) is 7.09. The number of nitro groups is 1. The molecule has 25 heavy (non-hydrogen) atoms. The van der Waals surface area contributed by atoms with Crippen LogP contribution in [0.15, 0.2) is 33.9 Å². The molecule has 1 N–H and O–H groups in total. The van der Waals surface area contributed by atoms with Gasteiger partial charge in [-0.3, -0.25) is 19.5 Å². The SMILES string of the molecule is COc1ccc([N+](=O)[O-])cc1-n1c(C)cc(=O)n([C@@H](C)C(=O)O)c1=O. The molecule has 10 heteroatoms. The van der Waals surface area contributed by atoms with Gasteiger partial charge < -0.3 is 9.84 Å². The molecule has 1 aromatic heterocycles. The average molecular weight is 349 g/mol. The van der Waals surface area contributed by atoms with Crippen LogP contribution in [0.4, 0.5) is 5.69 Å². The summed E-state index contributed by atoms with van der Waals surface area (Å²) in [6.45, 7) is 2.65. The Morgan fingerprint density at radius 1 is 1.32 bits per heavy atom. The third kappa shape index (κ3) is 3.13. The van der Waals surface area contributed by atoms with Crippen molar-refractivity contribution in [3.63, 3.8) is 0 Å². The van der Waals surface area contributed by atoms with Gasteiger partial charge in [-0.15, -0.1) is 0 Å². The molecule has 10 nitrogen and oxygen atoms in total. The summed E-state index contributed by atoms with van der Waals surface area (Å²) in [5.74, 6) is -1.20. The Kier molecular flexibility index (Phi) is 4.72. The van der Waals surface area contributed by atoms with Crippen molar-refractivity contribution in [3.8, 4) is 11.4 Å². The van der Waals surface area contributed by atoms with Gasteiger partial charge in [-0.2, -0.15) is 0 Å². The predicted molar refractivity (Wildman–Crippen MR) is 86.6 cm³/mol. The second-order valence-electron chi connectivity index (χ2n) is 5.24. The van der Waals surface area contributed by atoms with E-state index in [9.17, 15) is 24.5 Å². The van der Waals surface area contributed by atoms with Gasteiger partial charge in [-0.1, -0.05) is 0 Å². The van der Waals surface area contributed by atoms with Gasteiger partial charge >= 0.3 is 11.7 Å². The van der Waals surface area contributed by atoms with Gasteiger partial charge in [-0.05, 0) is 19.9 Å². The van der Waals surface area contributed by atoms with Gasteiger partial charge in [0, 0.05) is 23.9 Å². The highest BCUT2D eigenvalue weighted by Crippen LogP contribution is 2.27. The van der Waals surface area contributed by atoms with Crippen molar-refractivity contribution in [3.05, 3.63) is 60.9 Å². The summed E-state index contributed by atoms with van der Waals surface area (Å²) >= 11 is 0. The molecule has 0 radical (unpaired) electrons. The number of methoxy groups -OCH3 is 1. The van der Waals surface area contributed by atoms with E-state index < -0.39 is 28.2 Å². The quantitative estimate of drug-likeness (QED) is 0.625. The summed E-state index contributed by atoms with van der Waals surface area (Å²) in [7, 11) is 1.32. The molecule has 0 bridgehead atoms. The molecule has 0 saturated heterocycles. The number of nitro benzene ring substituents is 1. The number of non-ortho nitro benzene ring substituents is 1. The fourth-order valence-electron chi connectivity index (χ4n) is 2.39. The van der Waals surface area contributed by atoms with Crippen LogP contribution in [0.3, 0.4) is 0 Å². The molecule has 1 aromatic carbocycles. The van der Waals surface area contributed by atoms with Gasteiger partial charge in [0.25, 0.3) is 11.2 Å². The summed E-state index contributed by atoms with van der Waals surface area (Å²) in [5.41, 5.74) is -1.78. The molecule has 1 heterocycles. The van der Waals surface area contributed by atoms with Crippen molar-refractivity contribution in [1.29, 1.82) is 0 Å². The smallest absolute Gasteiger partial charge is 0.336 e. The number of aromatic nitrogens is 2. The van der Waals surface area contributed by atoms with Crippen LogP contribution in [0, 0.1) is 17.0 Å². The first-order chi connectivity index (χ1) is 11.7.